The van der Waals surface area contributed by atoms with Crippen LogP contribution >= 0.6 is 0 Å². The highest BCUT2D eigenvalue weighted by molar-refractivity contribution is 4.53. The number of hydrogen-bond acceptors (Lipinski definition) is 0. The molecule has 0 aliphatic carbocycles. The fraction of sp³-hybridized carbons (Fsp3) is 1.00. The molecule has 0 amide bonds. The molecule has 1 heteroatoms. The molecule has 0 aliphatic rings. The van der Waals surface area contributed by atoms with Crippen LogP contribution < -0.4 is 0 Å². The summed E-state index contributed by atoms with van der Waals surface area (Å²) in [5, 5.41) is 0. The highest BCUT2D eigenvalue weighted by Gasteiger charge is 2.25. The van der Waals surface area contributed by atoms with E-state index < -0.39 is 0 Å². The van der Waals surface area contributed by atoms with Crippen molar-refractivity contribution in [1.82, 2.24) is 0 Å². The van der Waals surface area contributed by atoms with E-state index in [0.717, 1.165) is 0 Å². The summed E-state index contributed by atoms with van der Waals surface area (Å²) >= 11 is 0. The Kier molecular flexibility index (Phi) is 18.7. The summed E-state index contributed by atoms with van der Waals surface area (Å²) in [6.07, 6.45) is 22.8. The summed E-state index contributed by atoms with van der Waals surface area (Å²) in [4.78, 5) is 0. The fourth-order valence-corrected chi connectivity index (χ4v) is 4.17. The zero-order chi connectivity index (χ0) is 18.6. The highest BCUT2D eigenvalue weighted by Crippen LogP contribution is 2.19. The Bertz CT molecular complexity index is 195. The number of nitrogens with zero attached hydrogens (tertiary/aromatic N) is 1. The number of unbranched alkanes of at least 4 members (excludes halogenated alkanes) is 12. The quantitative estimate of drug-likeness (QED) is 0.153. The minimum atomic E-state index is 1.36. The summed E-state index contributed by atoms with van der Waals surface area (Å²) in [6, 6.07) is 0. The van der Waals surface area contributed by atoms with Gasteiger partial charge in [-0.15, -0.1) is 0 Å². The molecule has 0 aliphatic heterocycles. The molecule has 0 aromatic rings. The molecular formula is C24H52N+. The number of hydrogen-bond donors (Lipinski definition) is 0. The lowest BCUT2D eigenvalue weighted by Gasteiger charge is -2.39. The van der Waals surface area contributed by atoms with Crippen molar-refractivity contribution in [2.45, 2.75) is 130 Å². The van der Waals surface area contributed by atoms with E-state index in [2.05, 4.69) is 27.7 Å². The fourth-order valence-electron chi connectivity index (χ4n) is 4.17. The van der Waals surface area contributed by atoms with Crippen LogP contribution in [0.4, 0.5) is 0 Å². The zero-order valence-electron chi connectivity index (χ0n) is 18.6. The lowest BCUT2D eigenvalue weighted by molar-refractivity contribution is -0.929. The van der Waals surface area contributed by atoms with E-state index in [1.807, 2.05) is 0 Å². The van der Waals surface area contributed by atoms with Crippen molar-refractivity contribution in [2.24, 2.45) is 0 Å². The van der Waals surface area contributed by atoms with Gasteiger partial charge in [-0.1, -0.05) is 79.1 Å². The largest absolute Gasteiger partial charge is 0.324 e. The molecule has 0 radical (unpaired) electrons. The topological polar surface area (TPSA) is 0 Å². The van der Waals surface area contributed by atoms with Crippen LogP contribution in [-0.2, 0) is 0 Å². The van der Waals surface area contributed by atoms with Crippen LogP contribution in [0.25, 0.3) is 0 Å². The molecular weight excluding hydrogens is 302 g/mol. The van der Waals surface area contributed by atoms with Crippen molar-refractivity contribution in [3.8, 4) is 0 Å². The van der Waals surface area contributed by atoms with Crippen LogP contribution in [0, 0.1) is 0 Å². The van der Waals surface area contributed by atoms with Crippen LogP contribution in [0.5, 0.6) is 0 Å². The van der Waals surface area contributed by atoms with Gasteiger partial charge in [-0.05, 0) is 51.4 Å². The van der Waals surface area contributed by atoms with Gasteiger partial charge < -0.3 is 4.48 Å². The summed E-state index contributed by atoms with van der Waals surface area (Å²) < 4.78 is 1.46. The summed E-state index contributed by atoms with van der Waals surface area (Å²) in [5.74, 6) is 0. The molecule has 0 atom stereocenters. The maximum atomic E-state index is 2.34. The first-order valence-electron chi connectivity index (χ1n) is 12.1. The smallest absolute Gasteiger partial charge is 0.0786 e. The van der Waals surface area contributed by atoms with Crippen molar-refractivity contribution >= 4 is 0 Å². The van der Waals surface area contributed by atoms with Crippen molar-refractivity contribution in [2.75, 3.05) is 26.2 Å². The molecule has 0 saturated heterocycles. The van der Waals surface area contributed by atoms with Gasteiger partial charge in [0.25, 0.3) is 0 Å². The lowest BCUT2D eigenvalue weighted by atomic mass is 10.1. The monoisotopic (exact) mass is 354 g/mol. The Labute approximate surface area is 161 Å². The van der Waals surface area contributed by atoms with Crippen molar-refractivity contribution in [1.29, 1.82) is 0 Å². The molecule has 1 nitrogen and oxygen atoms in total. The molecule has 0 spiro atoms. The predicted molar refractivity (Wildman–Crippen MR) is 116 cm³/mol. The van der Waals surface area contributed by atoms with E-state index in [4.69, 9.17) is 0 Å². The Morgan fingerprint density at radius 3 is 0.760 bits per heavy atom. The van der Waals surface area contributed by atoms with E-state index in [9.17, 15) is 0 Å². The first kappa shape index (κ1) is 25.0. The van der Waals surface area contributed by atoms with E-state index in [1.165, 1.54) is 133 Å². The summed E-state index contributed by atoms with van der Waals surface area (Å²) in [5.41, 5.74) is 0. The third-order valence-corrected chi connectivity index (χ3v) is 5.94. The molecule has 0 N–H and O–H groups in total. The van der Waals surface area contributed by atoms with E-state index in [-0.39, 0.29) is 0 Å². The molecule has 0 saturated carbocycles. The summed E-state index contributed by atoms with van der Waals surface area (Å²) in [7, 11) is 0. The van der Waals surface area contributed by atoms with Gasteiger partial charge in [0.05, 0.1) is 26.2 Å². The minimum Gasteiger partial charge on any atom is -0.324 e. The van der Waals surface area contributed by atoms with Gasteiger partial charge >= 0.3 is 0 Å². The third-order valence-electron chi connectivity index (χ3n) is 5.94. The van der Waals surface area contributed by atoms with E-state index in [0.29, 0.717) is 0 Å². The molecule has 0 bridgehead atoms. The van der Waals surface area contributed by atoms with Gasteiger partial charge in [0, 0.05) is 0 Å². The highest BCUT2D eigenvalue weighted by atomic mass is 15.3. The molecule has 152 valence electrons. The van der Waals surface area contributed by atoms with Crippen molar-refractivity contribution in [3.63, 3.8) is 0 Å². The Balaban J connectivity index is 4.62. The normalized spacial score (nSPS) is 12.0. The number of rotatable bonds is 20. The van der Waals surface area contributed by atoms with Gasteiger partial charge in [-0.3, -0.25) is 0 Å². The molecule has 0 rings (SSSR count). The second-order valence-electron chi connectivity index (χ2n) is 8.48. The van der Waals surface area contributed by atoms with Gasteiger partial charge in [-0.2, -0.15) is 0 Å². The van der Waals surface area contributed by atoms with Crippen LogP contribution in [0.2, 0.25) is 0 Å². The van der Waals surface area contributed by atoms with Crippen molar-refractivity contribution in [3.05, 3.63) is 0 Å². The number of quaternary nitrogens is 1. The molecule has 0 aromatic carbocycles. The van der Waals surface area contributed by atoms with Crippen LogP contribution in [0.15, 0.2) is 0 Å². The van der Waals surface area contributed by atoms with E-state index in [1.54, 1.807) is 0 Å². The first-order valence-corrected chi connectivity index (χ1v) is 12.1. The first-order chi connectivity index (χ1) is 12.2. The SMILES string of the molecule is CCCCCC[N+](CCCCCC)(CCCCCC)CCCCCC. The summed E-state index contributed by atoms with van der Waals surface area (Å²) in [6.45, 7) is 15.2. The van der Waals surface area contributed by atoms with Gasteiger partial charge in [-0.25, -0.2) is 0 Å². The van der Waals surface area contributed by atoms with Gasteiger partial charge in [0.2, 0.25) is 0 Å². The molecule has 0 unspecified atom stereocenters. The molecule has 0 heterocycles. The van der Waals surface area contributed by atoms with E-state index >= 15 is 0 Å². The van der Waals surface area contributed by atoms with Crippen LogP contribution in [-0.4, -0.2) is 30.7 Å². The Hall–Kier alpha value is -0.0400. The maximum absolute atomic E-state index is 2.34. The zero-order valence-corrected chi connectivity index (χ0v) is 18.6. The average molecular weight is 355 g/mol. The second kappa shape index (κ2) is 18.7. The van der Waals surface area contributed by atoms with Crippen molar-refractivity contribution < 1.29 is 4.48 Å². The van der Waals surface area contributed by atoms with Crippen LogP contribution in [0.1, 0.15) is 130 Å². The Morgan fingerprint density at radius 1 is 0.320 bits per heavy atom. The molecule has 25 heavy (non-hydrogen) atoms. The third kappa shape index (κ3) is 14.8. The standard InChI is InChI=1S/C24H52N/c1-5-9-13-17-21-25(22-18-14-10-6-2,23-19-15-11-7-3)24-20-16-12-8-4/h5-24H2,1-4H3/q+1. The van der Waals surface area contributed by atoms with Gasteiger partial charge in [0.15, 0.2) is 0 Å². The average Bonchev–Trinajstić information content (AvgIpc) is 2.63. The Morgan fingerprint density at radius 2 is 0.560 bits per heavy atom. The predicted octanol–water partition coefficient (Wildman–Crippen LogP) is 8.12. The van der Waals surface area contributed by atoms with Gasteiger partial charge in [0.1, 0.15) is 0 Å². The second-order valence-corrected chi connectivity index (χ2v) is 8.48. The maximum Gasteiger partial charge on any atom is 0.0786 e. The van der Waals surface area contributed by atoms with Crippen LogP contribution in [0.3, 0.4) is 0 Å². The molecule has 0 aromatic heterocycles. The lowest BCUT2D eigenvalue weighted by Crippen LogP contribution is -2.50. The minimum absolute atomic E-state index is 1.36. The molecule has 0 fully saturated rings.